The van der Waals surface area contributed by atoms with Crippen LogP contribution in [0.15, 0.2) is 64.2 Å². The lowest BCUT2D eigenvalue weighted by Gasteiger charge is -2.10. The molecule has 0 saturated heterocycles. The van der Waals surface area contributed by atoms with E-state index in [1.165, 1.54) is 6.20 Å². The van der Waals surface area contributed by atoms with Gasteiger partial charge in [0.1, 0.15) is 0 Å². The summed E-state index contributed by atoms with van der Waals surface area (Å²) < 4.78 is 28.2. The van der Waals surface area contributed by atoms with Crippen LogP contribution < -0.4 is 4.72 Å². The molecule has 0 fully saturated rings. The molecule has 0 bridgehead atoms. The van der Waals surface area contributed by atoms with Crippen molar-refractivity contribution in [3.8, 4) is 0 Å². The first-order valence-electron chi connectivity index (χ1n) is 6.05. The molecule has 3 aromatic rings. The highest BCUT2D eigenvalue weighted by atomic mass is 79.9. The topological polar surface area (TPSA) is 72.0 Å². The van der Waals surface area contributed by atoms with Gasteiger partial charge in [-0.15, -0.1) is 0 Å². The maximum Gasteiger partial charge on any atom is 0.263 e. The Hall–Kier alpha value is -1.99. The van der Waals surface area contributed by atoms with E-state index >= 15 is 0 Å². The highest BCUT2D eigenvalue weighted by Gasteiger charge is 2.19. The number of halogens is 1. The summed E-state index contributed by atoms with van der Waals surface area (Å²) in [5.41, 5.74) is 0.625. The van der Waals surface area contributed by atoms with Gasteiger partial charge in [0, 0.05) is 17.8 Å². The zero-order valence-electron chi connectivity index (χ0n) is 10.7. The molecule has 5 nitrogen and oxygen atoms in total. The quantitative estimate of drug-likeness (QED) is 0.775. The van der Waals surface area contributed by atoms with Gasteiger partial charge in [-0.1, -0.05) is 6.07 Å². The van der Waals surface area contributed by atoms with Crippen molar-refractivity contribution in [2.75, 3.05) is 4.72 Å². The minimum atomic E-state index is -3.74. The first-order chi connectivity index (χ1) is 10.1. The van der Waals surface area contributed by atoms with Gasteiger partial charge >= 0.3 is 0 Å². The molecule has 7 heteroatoms. The molecule has 1 N–H and O–H groups in total. The van der Waals surface area contributed by atoms with Crippen LogP contribution in [0.4, 0.5) is 5.82 Å². The number of nitrogens with one attached hydrogen (secondary N) is 1. The third-order valence-corrected chi connectivity index (χ3v) is 4.92. The summed E-state index contributed by atoms with van der Waals surface area (Å²) in [5.74, 6) is 0.249. The second-order valence-electron chi connectivity index (χ2n) is 4.27. The van der Waals surface area contributed by atoms with Crippen molar-refractivity contribution in [1.82, 2.24) is 9.97 Å². The van der Waals surface area contributed by atoms with Gasteiger partial charge in [-0.25, -0.2) is 13.4 Å². The maximum atomic E-state index is 12.6. The van der Waals surface area contributed by atoms with E-state index in [1.54, 1.807) is 48.7 Å². The number of pyridine rings is 2. The van der Waals surface area contributed by atoms with E-state index in [4.69, 9.17) is 0 Å². The van der Waals surface area contributed by atoms with E-state index in [9.17, 15) is 8.42 Å². The number of fused-ring (bicyclic) bond motifs is 1. The molecule has 3 rings (SSSR count). The normalized spacial score (nSPS) is 11.5. The number of hydrogen-bond acceptors (Lipinski definition) is 4. The first kappa shape index (κ1) is 14.0. The van der Waals surface area contributed by atoms with Gasteiger partial charge in [0.2, 0.25) is 0 Å². The summed E-state index contributed by atoms with van der Waals surface area (Å²) in [6.45, 7) is 0. The second-order valence-corrected chi connectivity index (χ2v) is 6.77. The fourth-order valence-corrected chi connectivity index (χ4v) is 3.68. The highest BCUT2D eigenvalue weighted by Crippen LogP contribution is 2.25. The number of rotatable bonds is 3. The van der Waals surface area contributed by atoms with Crippen molar-refractivity contribution in [3.63, 3.8) is 0 Å². The third kappa shape index (κ3) is 2.74. The predicted molar refractivity (Wildman–Crippen MR) is 84.5 cm³/mol. The standard InChI is InChI=1S/C14H10BrN3O2S/c15-11-5-3-9-17-14(11)18-21(19,20)13-7-1-6-12-10(13)4-2-8-16-12/h1-9H,(H,17,18). The van der Waals surface area contributed by atoms with Crippen LogP contribution in [-0.2, 0) is 10.0 Å². The first-order valence-corrected chi connectivity index (χ1v) is 8.33. The summed E-state index contributed by atoms with van der Waals surface area (Å²) in [5, 5.41) is 0.569. The number of aromatic nitrogens is 2. The van der Waals surface area contributed by atoms with E-state index in [0.717, 1.165) is 0 Å². The van der Waals surface area contributed by atoms with Crippen LogP contribution >= 0.6 is 15.9 Å². The molecule has 21 heavy (non-hydrogen) atoms. The van der Waals surface area contributed by atoms with Crippen LogP contribution in [0.2, 0.25) is 0 Å². The second kappa shape index (κ2) is 5.42. The zero-order chi connectivity index (χ0) is 14.9. The van der Waals surface area contributed by atoms with Gasteiger partial charge in [-0.3, -0.25) is 9.71 Å². The number of sulfonamides is 1. The number of nitrogens with zero attached hydrogens (tertiary/aromatic N) is 2. The van der Waals surface area contributed by atoms with E-state index in [1.807, 2.05) is 0 Å². The fraction of sp³-hybridized carbons (Fsp3) is 0. The largest absolute Gasteiger partial charge is 0.263 e. The van der Waals surface area contributed by atoms with Crippen LogP contribution in [0, 0.1) is 0 Å². The fourth-order valence-electron chi connectivity index (χ4n) is 1.95. The van der Waals surface area contributed by atoms with Gasteiger partial charge in [-0.05, 0) is 52.3 Å². The minimum absolute atomic E-state index is 0.172. The zero-order valence-corrected chi connectivity index (χ0v) is 13.1. The van der Waals surface area contributed by atoms with Gasteiger partial charge in [0.05, 0.1) is 14.9 Å². The van der Waals surface area contributed by atoms with Crippen molar-refractivity contribution in [1.29, 1.82) is 0 Å². The predicted octanol–water partition coefficient (Wildman–Crippen LogP) is 3.19. The molecule has 1 aromatic carbocycles. The molecular weight excluding hydrogens is 354 g/mol. The van der Waals surface area contributed by atoms with E-state index in [0.29, 0.717) is 15.4 Å². The highest BCUT2D eigenvalue weighted by molar-refractivity contribution is 9.10. The summed E-state index contributed by atoms with van der Waals surface area (Å²) in [4.78, 5) is 8.35. The number of benzene rings is 1. The molecule has 2 heterocycles. The maximum absolute atomic E-state index is 12.6. The number of hydrogen-bond donors (Lipinski definition) is 1. The van der Waals surface area contributed by atoms with E-state index < -0.39 is 10.0 Å². The average Bonchev–Trinajstić information content (AvgIpc) is 2.49. The van der Waals surface area contributed by atoms with Crippen molar-refractivity contribution >= 4 is 42.7 Å². The SMILES string of the molecule is O=S(=O)(Nc1ncccc1Br)c1cccc2ncccc12. The van der Waals surface area contributed by atoms with E-state index in [-0.39, 0.29) is 10.7 Å². The van der Waals surface area contributed by atoms with Crippen molar-refractivity contribution in [2.45, 2.75) is 4.90 Å². The Balaban J connectivity index is 2.11. The Morgan fingerprint density at radius 2 is 1.71 bits per heavy atom. The van der Waals surface area contributed by atoms with E-state index in [2.05, 4.69) is 30.6 Å². The lowest BCUT2D eigenvalue weighted by atomic mass is 10.2. The monoisotopic (exact) mass is 363 g/mol. The van der Waals surface area contributed by atoms with Crippen LogP contribution in [0.3, 0.4) is 0 Å². The molecule has 0 amide bonds. The molecule has 0 saturated carbocycles. The molecule has 0 radical (unpaired) electrons. The Kier molecular flexibility index (Phi) is 3.60. The molecule has 0 unspecified atom stereocenters. The molecular formula is C14H10BrN3O2S. The Labute approximate surface area is 130 Å². The summed E-state index contributed by atoms with van der Waals surface area (Å²) in [6, 6.07) is 11.8. The summed E-state index contributed by atoms with van der Waals surface area (Å²) >= 11 is 3.27. The molecule has 2 aromatic heterocycles. The molecule has 0 spiro atoms. The van der Waals surface area contributed by atoms with Crippen LogP contribution in [-0.4, -0.2) is 18.4 Å². The van der Waals surface area contributed by atoms with Crippen molar-refractivity contribution in [3.05, 3.63) is 59.3 Å². The van der Waals surface area contributed by atoms with Crippen LogP contribution in [0.25, 0.3) is 10.9 Å². The Bertz CT molecular complexity index is 907. The molecule has 0 aliphatic rings. The van der Waals surface area contributed by atoms with Gasteiger partial charge in [-0.2, -0.15) is 0 Å². The summed E-state index contributed by atoms with van der Waals surface area (Å²) in [6.07, 6.45) is 3.15. The molecule has 0 aliphatic heterocycles. The lowest BCUT2D eigenvalue weighted by Crippen LogP contribution is -2.14. The third-order valence-electron chi connectivity index (χ3n) is 2.88. The molecule has 0 aliphatic carbocycles. The van der Waals surface area contributed by atoms with Crippen LogP contribution in [0.1, 0.15) is 0 Å². The summed E-state index contributed by atoms with van der Waals surface area (Å²) in [7, 11) is -3.74. The Morgan fingerprint density at radius 1 is 0.952 bits per heavy atom. The van der Waals surface area contributed by atoms with Gasteiger partial charge < -0.3 is 0 Å². The molecule has 0 atom stereocenters. The van der Waals surface area contributed by atoms with Crippen molar-refractivity contribution in [2.24, 2.45) is 0 Å². The number of anilines is 1. The Morgan fingerprint density at radius 3 is 2.52 bits per heavy atom. The lowest BCUT2D eigenvalue weighted by molar-refractivity contribution is 0.602. The minimum Gasteiger partial charge on any atom is -0.262 e. The van der Waals surface area contributed by atoms with Crippen molar-refractivity contribution < 1.29 is 8.42 Å². The van der Waals surface area contributed by atoms with Gasteiger partial charge in [0.25, 0.3) is 10.0 Å². The van der Waals surface area contributed by atoms with Gasteiger partial charge in [0.15, 0.2) is 5.82 Å². The smallest absolute Gasteiger partial charge is 0.262 e. The molecule has 106 valence electrons. The average molecular weight is 364 g/mol. The van der Waals surface area contributed by atoms with Crippen LogP contribution in [0.5, 0.6) is 0 Å².